The summed E-state index contributed by atoms with van der Waals surface area (Å²) in [6.45, 7) is 3.13. The number of carbonyl (C=O) groups excluding carboxylic acids is 1. The van der Waals surface area contributed by atoms with Crippen molar-refractivity contribution in [2.24, 2.45) is 0 Å². The minimum Gasteiger partial charge on any atom is -0.376 e. The Kier molecular flexibility index (Phi) is 6.68. The molecule has 0 N–H and O–H groups in total. The van der Waals surface area contributed by atoms with Crippen LogP contribution >= 0.6 is 11.8 Å². The van der Waals surface area contributed by atoms with Crippen molar-refractivity contribution in [3.8, 4) is 0 Å². The van der Waals surface area contributed by atoms with E-state index in [1.807, 2.05) is 0 Å². The number of tetrazole rings is 1. The number of hydrogen-bond donors (Lipinski definition) is 0. The van der Waals surface area contributed by atoms with Gasteiger partial charge in [0.1, 0.15) is 0 Å². The molecule has 1 atom stereocenters. The number of aryl methyl sites for hydroxylation is 1. The number of fused-ring (bicyclic) bond motifs is 1. The van der Waals surface area contributed by atoms with E-state index in [1.54, 1.807) is 32.1 Å². The van der Waals surface area contributed by atoms with E-state index in [4.69, 9.17) is 4.74 Å². The second kappa shape index (κ2) is 9.69. The summed E-state index contributed by atoms with van der Waals surface area (Å²) in [4.78, 5) is 15.2. The molecule has 0 saturated carbocycles. The Morgan fingerprint density at radius 2 is 2.00 bits per heavy atom. The van der Waals surface area contributed by atoms with Crippen molar-refractivity contribution >= 4 is 33.4 Å². The molecule has 33 heavy (non-hydrogen) atoms. The Morgan fingerprint density at radius 1 is 1.15 bits per heavy atom. The van der Waals surface area contributed by atoms with Gasteiger partial charge in [0.15, 0.2) is 0 Å². The molecule has 0 bridgehead atoms. The zero-order chi connectivity index (χ0) is 22.8. The lowest BCUT2D eigenvalue weighted by Crippen LogP contribution is -2.37. The van der Waals surface area contributed by atoms with Gasteiger partial charge >= 0.3 is 0 Å². The fourth-order valence-electron chi connectivity index (χ4n) is 4.67. The molecule has 178 valence electrons. The number of hydrogen-bond acceptors (Lipinski definition) is 8. The number of aromatic nitrogens is 4. The zero-order valence-electron chi connectivity index (χ0n) is 18.4. The predicted octanol–water partition coefficient (Wildman–Crippen LogP) is 1.71. The van der Waals surface area contributed by atoms with E-state index in [0.717, 1.165) is 56.4 Å². The summed E-state index contributed by atoms with van der Waals surface area (Å²) in [5, 5.41) is 12.5. The SMILES string of the molecule is O=C(CSc1nnnn1CC1CCCO1)N1CCCc2cc(S(=O)(=O)N3CCCC3)ccc21. The fourth-order valence-corrected chi connectivity index (χ4v) is 7.00. The standard InChI is InChI=1S/C21H28N6O4S2/c28-20(15-32-21-22-23-24-27(21)14-17-6-4-12-31-17)26-11-3-5-16-13-18(7-8-19(16)26)33(29,30)25-9-1-2-10-25/h7-8,13,17H,1-6,9-12,14-15H2. The van der Waals surface area contributed by atoms with Gasteiger partial charge in [-0.05, 0) is 72.7 Å². The van der Waals surface area contributed by atoms with Crippen LogP contribution in [0.5, 0.6) is 0 Å². The largest absolute Gasteiger partial charge is 0.376 e. The second-order valence-corrected chi connectivity index (χ2v) is 11.5. The van der Waals surface area contributed by atoms with Gasteiger partial charge in [0.25, 0.3) is 0 Å². The van der Waals surface area contributed by atoms with E-state index in [1.165, 1.54) is 11.8 Å². The highest BCUT2D eigenvalue weighted by atomic mass is 32.2. The van der Waals surface area contributed by atoms with Gasteiger partial charge in [-0.1, -0.05) is 11.8 Å². The highest BCUT2D eigenvalue weighted by molar-refractivity contribution is 7.99. The summed E-state index contributed by atoms with van der Waals surface area (Å²) < 4.78 is 34.8. The maximum atomic E-state index is 13.1. The van der Waals surface area contributed by atoms with Crippen LogP contribution in [0.15, 0.2) is 28.3 Å². The van der Waals surface area contributed by atoms with E-state index in [0.29, 0.717) is 36.2 Å². The van der Waals surface area contributed by atoms with Gasteiger partial charge in [-0.3, -0.25) is 4.79 Å². The molecule has 1 aromatic heterocycles. The van der Waals surface area contributed by atoms with Crippen LogP contribution < -0.4 is 4.90 Å². The topological polar surface area (TPSA) is 111 Å². The third kappa shape index (κ3) is 4.79. The van der Waals surface area contributed by atoms with Crippen LogP contribution in [-0.2, 0) is 32.5 Å². The Labute approximate surface area is 197 Å². The molecule has 10 nitrogen and oxygen atoms in total. The average Bonchev–Trinajstić information content (AvgIpc) is 3.60. The Balaban J connectivity index is 1.27. The first-order valence-electron chi connectivity index (χ1n) is 11.5. The molecule has 1 unspecified atom stereocenters. The molecule has 5 rings (SSSR count). The number of amides is 1. The molecule has 1 amide bonds. The smallest absolute Gasteiger partial charge is 0.243 e. The Hall–Kier alpha value is -2.02. The van der Waals surface area contributed by atoms with Crippen LogP contribution in [-0.4, -0.2) is 76.9 Å². The molecule has 2 fully saturated rings. The van der Waals surface area contributed by atoms with Gasteiger partial charge in [-0.2, -0.15) is 4.31 Å². The predicted molar refractivity (Wildman–Crippen MR) is 123 cm³/mol. The number of benzene rings is 1. The molecule has 3 aliphatic rings. The summed E-state index contributed by atoms with van der Waals surface area (Å²) in [6.07, 6.45) is 5.51. The molecule has 12 heteroatoms. The maximum Gasteiger partial charge on any atom is 0.243 e. The summed E-state index contributed by atoms with van der Waals surface area (Å²) in [5.41, 5.74) is 1.70. The molecular weight excluding hydrogens is 464 g/mol. The van der Waals surface area contributed by atoms with Crippen molar-refractivity contribution in [3.05, 3.63) is 23.8 Å². The van der Waals surface area contributed by atoms with Crippen LogP contribution in [0, 0.1) is 0 Å². The molecule has 0 radical (unpaired) electrons. The van der Waals surface area contributed by atoms with Gasteiger partial charge in [0, 0.05) is 31.9 Å². The lowest BCUT2D eigenvalue weighted by Gasteiger charge is -2.30. The second-order valence-electron chi connectivity index (χ2n) is 8.62. The number of anilines is 1. The highest BCUT2D eigenvalue weighted by Gasteiger charge is 2.30. The number of carbonyl (C=O) groups is 1. The van der Waals surface area contributed by atoms with E-state index in [2.05, 4.69) is 15.5 Å². The van der Waals surface area contributed by atoms with Crippen LogP contribution in [0.1, 0.15) is 37.7 Å². The average molecular weight is 493 g/mol. The molecule has 2 aromatic rings. The van der Waals surface area contributed by atoms with Gasteiger partial charge in [0.05, 0.1) is 23.3 Å². The molecule has 1 aromatic carbocycles. The van der Waals surface area contributed by atoms with E-state index in [-0.39, 0.29) is 17.8 Å². The van der Waals surface area contributed by atoms with Crippen LogP contribution in [0.2, 0.25) is 0 Å². The zero-order valence-corrected chi connectivity index (χ0v) is 20.1. The maximum absolute atomic E-state index is 13.1. The van der Waals surface area contributed by atoms with Crippen molar-refractivity contribution < 1.29 is 17.9 Å². The number of thioether (sulfide) groups is 1. The summed E-state index contributed by atoms with van der Waals surface area (Å²) in [6, 6.07) is 5.16. The van der Waals surface area contributed by atoms with Crippen LogP contribution in [0.4, 0.5) is 5.69 Å². The van der Waals surface area contributed by atoms with Crippen molar-refractivity contribution in [1.29, 1.82) is 0 Å². The first-order valence-corrected chi connectivity index (χ1v) is 13.9. The lowest BCUT2D eigenvalue weighted by molar-refractivity contribution is -0.116. The Morgan fingerprint density at radius 3 is 2.79 bits per heavy atom. The van der Waals surface area contributed by atoms with Crippen LogP contribution in [0.3, 0.4) is 0 Å². The first kappa shape index (κ1) is 22.8. The third-order valence-electron chi connectivity index (χ3n) is 6.40. The third-order valence-corrected chi connectivity index (χ3v) is 9.23. The number of nitrogens with zero attached hydrogens (tertiary/aromatic N) is 6. The molecule has 0 aliphatic carbocycles. The van der Waals surface area contributed by atoms with E-state index in [9.17, 15) is 13.2 Å². The minimum absolute atomic E-state index is 0.0391. The Bertz CT molecular complexity index is 1110. The first-order chi connectivity index (χ1) is 16.0. The molecule has 3 aliphatic heterocycles. The number of rotatable bonds is 7. The van der Waals surface area contributed by atoms with Gasteiger partial charge < -0.3 is 9.64 Å². The van der Waals surface area contributed by atoms with Crippen molar-refractivity contribution in [3.63, 3.8) is 0 Å². The van der Waals surface area contributed by atoms with Gasteiger partial charge in [-0.15, -0.1) is 5.10 Å². The summed E-state index contributed by atoms with van der Waals surface area (Å²) >= 11 is 1.32. The quantitative estimate of drug-likeness (QED) is 0.537. The van der Waals surface area contributed by atoms with E-state index >= 15 is 0 Å². The van der Waals surface area contributed by atoms with Crippen molar-refractivity contribution in [2.75, 3.05) is 36.9 Å². The van der Waals surface area contributed by atoms with Gasteiger partial charge in [0.2, 0.25) is 21.1 Å². The molecular formula is C21H28N6O4S2. The van der Waals surface area contributed by atoms with Crippen LogP contribution in [0.25, 0.3) is 0 Å². The molecule has 2 saturated heterocycles. The summed E-state index contributed by atoms with van der Waals surface area (Å²) in [7, 11) is -3.47. The van der Waals surface area contributed by atoms with Crippen molar-refractivity contribution in [2.45, 2.75) is 61.2 Å². The van der Waals surface area contributed by atoms with E-state index < -0.39 is 10.0 Å². The minimum atomic E-state index is -3.47. The normalized spacial score (nSPS) is 21.5. The molecule has 0 spiro atoms. The van der Waals surface area contributed by atoms with Crippen molar-refractivity contribution in [1.82, 2.24) is 24.5 Å². The lowest BCUT2D eigenvalue weighted by atomic mass is 10.0. The number of ether oxygens (including phenoxy) is 1. The molecule has 4 heterocycles. The number of sulfonamides is 1. The summed E-state index contributed by atoms with van der Waals surface area (Å²) in [5.74, 6) is 0.168. The monoisotopic (exact) mass is 492 g/mol. The highest BCUT2D eigenvalue weighted by Crippen LogP contribution is 2.32. The fraction of sp³-hybridized carbons (Fsp3) is 0.619. The van der Waals surface area contributed by atoms with Gasteiger partial charge in [-0.25, -0.2) is 13.1 Å².